The molecule has 5 heteroatoms. The van der Waals surface area contributed by atoms with Crippen molar-refractivity contribution in [2.45, 2.75) is 83.1 Å². The van der Waals surface area contributed by atoms with Gasteiger partial charge in [-0.3, -0.25) is 9.59 Å². The lowest BCUT2D eigenvalue weighted by atomic mass is 9.44. The molecular formula is C21H29FO4. The number of allylic oxidation sites excluding steroid dienone is 1. The van der Waals surface area contributed by atoms with Crippen molar-refractivity contribution in [2.75, 3.05) is 0 Å². The molecule has 2 N–H and O–H groups in total. The molecule has 7 atom stereocenters. The van der Waals surface area contributed by atoms with E-state index in [1.54, 1.807) is 6.08 Å². The lowest BCUT2D eigenvalue weighted by molar-refractivity contribution is -0.225. The highest BCUT2D eigenvalue weighted by Crippen LogP contribution is 2.70. The molecule has 0 aromatic heterocycles. The number of rotatable bonds is 1. The zero-order chi connectivity index (χ0) is 19.1. The molecule has 0 heterocycles. The number of hydrogen-bond acceptors (Lipinski definition) is 4. The van der Waals surface area contributed by atoms with E-state index in [0.29, 0.717) is 38.5 Å². The summed E-state index contributed by atoms with van der Waals surface area (Å²) in [4.78, 5) is 24.1. The summed E-state index contributed by atoms with van der Waals surface area (Å²) in [7, 11) is 0. The number of alkyl halides is 1. The first-order chi connectivity index (χ1) is 12.0. The maximum atomic E-state index is 16.8. The molecule has 0 bridgehead atoms. The van der Waals surface area contributed by atoms with Crippen molar-refractivity contribution in [2.24, 2.45) is 22.7 Å². The smallest absolute Gasteiger partial charge is 0.161 e. The van der Waals surface area contributed by atoms with Crippen LogP contribution in [0.1, 0.15) is 65.7 Å². The number of ketones is 2. The second-order valence-corrected chi connectivity index (χ2v) is 9.58. The Morgan fingerprint density at radius 1 is 1.19 bits per heavy atom. The van der Waals surface area contributed by atoms with Gasteiger partial charge in [0.2, 0.25) is 0 Å². The third kappa shape index (κ3) is 1.86. The zero-order valence-corrected chi connectivity index (χ0v) is 15.8. The maximum absolute atomic E-state index is 16.8. The van der Waals surface area contributed by atoms with Gasteiger partial charge >= 0.3 is 0 Å². The molecule has 0 saturated heterocycles. The number of carbonyl (C=O) groups is 2. The lowest BCUT2D eigenvalue weighted by Gasteiger charge is -2.63. The van der Waals surface area contributed by atoms with Crippen molar-refractivity contribution in [1.82, 2.24) is 0 Å². The van der Waals surface area contributed by atoms with Crippen molar-refractivity contribution in [3.63, 3.8) is 0 Å². The SMILES string of the molecule is CC(=O)[C@@]1(O)CC[C@H]2[C@@H]3CCC4=CC(=O)CC[C@]4(C)[C@@]3(F)[C@@H](O)C[C@@]21C. The van der Waals surface area contributed by atoms with E-state index < -0.39 is 34.1 Å². The van der Waals surface area contributed by atoms with E-state index in [1.807, 2.05) is 13.8 Å². The van der Waals surface area contributed by atoms with Crippen LogP contribution in [0.2, 0.25) is 0 Å². The van der Waals surface area contributed by atoms with Crippen molar-refractivity contribution < 1.29 is 24.2 Å². The molecule has 26 heavy (non-hydrogen) atoms. The minimum atomic E-state index is -1.82. The molecule has 3 fully saturated rings. The first-order valence-corrected chi connectivity index (χ1v) is 9.85. The number of aliphatic hydroxyl groups excluding tert-OH is 1. The molecule has 4 nitrogen and oxygen atoms in total. The maximum Gasteiger partial charge on any atom is 0.161 e. The van der Waals surface area contributed by atoms with Crippen molar-refractivity contribution in [3.05, 3.63) is 11.6 Å². The van der Waals surface area contributed by atoms with Crippen LogP contribution in [-0.2, 0) is 9.59 Å². The van der Waals surface area contributed by atoms with Crippen LogP contribution in [0, 0.1) is 22.7 Å². The molecule has 144 valence electrons. The largest absolute Gasteiger partial charge is 0.390 e. The lowest BCUT2D eigenvalue weighted by Crippen LogP contribution is -2.69. The van der Waals surface area contributed by atoms with Crippen molar-refractivity contribution >= 4 is 11.6 Å². The van der Waals surface area contributed by atoms with Gasteiger partial charge in [-0.1, -0.05) is 19.4 Å². The Labute approximate surface area is 153 Å². The second kappa shape index (κ2) is 5.26. The van der Waals surface area contributed by atoms with Gasteiger partial charge in [-0.25, -0.2) is 4.39 Å². The van der Waals surface area contributed by atoms with Crippen molar-refractivity contribution in [3.8, 4) is 0 Å². The third-order valence-electron chi connectivity index (χ3n) is 8.78. The Bertz CT molecular complexity index is 717. The molecule has 4 aliphatic carbocycles. The Kier molecular flexibility index (Phi) is 3.70. The fourth-order valence-electron chi connectivity index (χ4n) is 7.15. The highest BCUT2D eigenvalue weighted by Gasteiger charge is 2.73. The number of carbonyl (C=O) groups excluding carboxylic acids is 2. The molecule has 0 amide bonds. The fourth-order valence-corrected chi connectivity index (χ4v) is 7.15. The zero-order valence-electron chi connectivity index (χ0n) is 15.8. The van der Waals surface area contributed by atoms with E-state index in [-0.39, 0.29) is 23.9 Å². The standard InChI is InChI=1S/C21H29FO4/c1-12(23)20(26)9-7-15-16-5-4-13-10-14(24)6-8-18(13,2)21(16,22)17(25)11-19(15,20)3/h10,15-17,25-26H,4-9,11H2,1-3H3/t15-,16-,17-,18-,19-,20-,21-/m0/s1. The van der Waals surface area contributed by atoms with Gasteiger partial charge in [-0.15, -0.1) is 0 Å². The van der Waals surface area contributed by atoms with E-state index in [9.17, 15) is 19.8 Å². The van der Waals surface area contributed by atoms with Gasteiger partial charge in [0.25, 0.3) is 0 Å². The number of aliphatic hydroxyl groups is 2. The van der Waals surface area contributed by atoms with Crippen LogP contribution in [0.5, 0.6) is 0 Å². The van der Waals surface area contributed by atoms with Gasteiger partial charge in [-0.05, 0) is 57.4 Å². The fraction of sp³-hybridized carbons (Fsp3) is 0.810. The van der Waals surface area contributed by atoms with E-state index in [2.05, 4.69) is 0 Å². The van der Waals surface area contributed by atoms with Crippen LogP contribution >= 0.6 is 0 Å². The molecule has 4 rings (SSSR count). The topological polar surface area (TPSA) is 74.6 Å². The molecule has 0 spiro atoms. The Balaban J connectivity index is 1.82. The Hall–Kier alpha value is -1.07. The van der Waals surface area contributed by atoms with Crippen LogP contribution in [0.4, 0.5) is 4.39 Å². The Morgan fingerprint density at radius 2 is 1.88 bits per heavy atom. The predicted molar refractivity (Wildman–Crippen MR) is 94.1 cm³/mol. The van der Waals surface area contributed by atoms with Gasteiger partial charge in [0.1, 0.15) is 11.3 Å². The molecule has 0 radical (unpaired) electrons. The quantitative estimate of drug-likeness (QED) is 0.750. The molecular weight excluding hydrogens is 335 g/mol. The number of hydrogen-bond donors (Lipinski definition) is 2. The summed E-state index contributed by atoms with van der Waals surface area (Å²) >= 11 is 0. The molecule has 0 aromatic carbocycles. The molecule has 4 aliphatic rings. The Morgan fingerprint density at radius 3 is 2.54 bits per heavy atom. The van der Waals surface area contributed by atoms with Gasteiger partial charge in [0, 0.05) is 23.2 Å². The summed E-state index contributed by atoms with van der Waals surface area (Å²) in [6, 6.07) is 0. The average Bonchev–Trinajstić information content (AvgIpc) is 2.83. The number of fused-ring (bicyclic) bond motifs is 5. The van der Waals surface area contributed by atoms with Crippen LogP contribution in [0.15, 0.2) is 11.6 Å². The summed E-state index contributed by atoms with van der Waals surface area (Å²) in [5.74, 6) is -0.783. The first kappa shape index (κ1) is 18.3. The normalized spacial score (nSPS) is 53.4. The summed E-state index contributed by atoms with van der Waals surface area (Å²) < 4.78 is 16.8. The number of halogens is 1. The highest BCUT2D eigenvalue weighted by atomic mass is 19.1. The van der Waals surface area contributed by atoms with Crippen LogP contribution in [0.3, 0.4) is 0 Å². The van der Waals surface area contributed by atoms with E-state index >= 15 is 4.39 Å². The van der Waals surface area contributed by atoms with Crippen molar-refractivity contribution in [1.29, 1.82) is 0 Å². The summed E-state index contributed by atoms with van der Waals surface area (Å²) in [5, 5.41) is 22.2. The monoisotopic (exact) mass is 364 g/mol. The summed E-state index contributed by atoms with van der Waals surface area (Å²) in [6.07, 6.45) is 3.29. The van der Waals surface area contributed by atoms with Crippen LogP contribution in [0.25, 0.3) is 0 Å². The summed E-state index contributed by atoms with van der Waals surface area (Å²) in [6.45, 7) is 5.11. The first-order valence-electron chi connectivity index (χ1n) is 9.85. The minimum absolute atomic E-state index is 0.0430. The highest BCUT2D eigenvalue weighted by molar-refractivity contribution is 5.91. The van der Waals surface area contributed by atoms with E-state index in [0.717, 1.165) is 5.57 Å². The molecule has 0 unspecified atom stereocenters. The van der Waals surface area contributed by atoms with Gasteiger partial charge in [-0.2, -0.15) is 0 Å². The molecule has 0 aliphatic heterocycles. The van der Waals surface area contributed by atoms with E-state index in [4.69, 9.17) is 0 Å². The number of Topliss-reactive ketones (excluding diaryl/α,β-unsaturated/α-hetero) is 1. The van der Waals surface area contributed by atoms with Gasteiger partial charge in [0.15, 0.2) is 11.6 Å². The van der Waals surface area contributed by atoms with Gasteiger partial charge < -0.3 is 10.2 Å². The molecule has 3 saturated carbocycles. The van der Waals surface area contributed by atoms with Gasteiger partial charge in [0.05, 0.1) is 6.10 Å². The van der Waals surface area contributed by atoms with Crippen LogP contribution < -0.4 is 0 Å². The van der Waals surface area contributed by atoms with E-state index in [1.165, 1.54) is 6.92 Å². The predicted octanol–water partition coefficient (Wildman–Crippen LogP) is 2.90. The average molecular weight is 364 g/mol. The third-order valence-corrected chi connectivity index (χ3v) is 8.78. The minimum Gasteiger partial charge on any atom is -0.390 e. The summed E-state index contributed by atoms with van der Waals surface area (Å²) in [5.41, 5.74) is -4.12. The second-order valence-electron chi connectivity index (χ2n) is 9.58. The van der Waals surface area contributed by atoms with Crippen LogP contribution in [-0.4, -0.2) is 39.2 Å². The molecule has 0 aromatic rings.